The van der Waals surface area contributed by atoms with Gasteiger partial charge in [0.05, 0.1) is 5.69 Å². The second-order valence-electron chi connectivity index (χ2n) is 5.17. The smallest absolute Gasteiger partial charge is 0.0519 e. The Hall–Kier alpha value is -2.28. The fraction of sp³-hybridized carbons (Fsp3) is 0.111. The van der Waals surface area contributed by atoms with Crippen LogP contribution >= 0.6 is 0 Å². The molecule has 0 saturated heterocycles. The lowest BCUT2D eigenvalue weighted by Crippen LogP contribution is -2.20. The molecule has 1 aliphatic heterocycles. The van der Waals surface area contributed by atoms with Gasteiger partial charge in [-0.1, -0.05) is 60.7 Å². The highest BCUT2D eigenvalue weighted by Gasteiger charge is 2.13. The van der Waals surface area contributed by atoms with Crippen LogP contribution in [0.2, 0.25) is 0 Å². The fourth-order valence-corrected chi connectivity index (χ4v) is 3.08. The van der Waals surface area contributed by atoms with Gasteiger partial charge in [0.1, 0.15) is 0 Å². The molecule has 19 heavy (non-hydrogen) atoms. The van der Waals surface area contributed by atoms with Crippen molar-refractivity contribution in [1.29, 1.82) is 0 Å². The lowest BCUT2D eigenvalue weighted by atomic mass is 9.96. The summed E-state index contributed by atoms with van der Waals surface area (Å²) >= 11 is 0. The Morgan fingerprint density at radius 3 is 2.63 bits per heavy atom. The van der Waals surface area contributed by atoms with E-state index >= 15 is 0 Å². The first-order valence-corrected chi connectivity index (χ1v) is 6.67. The van der Waals surface area contributed by atoms with E-state index in [0.29, 0.717) is 0 Å². The van der Waals surface area contributed by atoms with Crippen LogP contribution in [0.4, 0.5) is 5.69 Å². The maximum Gasteiger partial charge on any atom is 0.0519 e. The minimum Gasteiger partial charge on any atom is -0.370 e. The standard InChI is InChI=1S/C18H15N/c1-19-12-4-6-14-9-10-16-15-7-3-2-5-13(15)8-11-17(16)18(14)19/h2-11H,12H2,1H3. The summed E-state index contributed by atoms with van der Waals surface area (Å²) in [6.07, 6.45) is 4.44. The monoisotopic (exact) mass is 245 g/mol. The van der Waals surface area contributed by atoms with Crippen LogP contribution in [0.15, 0.2) is 54.6 Å². The molecule has 0 atom stereocenters. The third-order valence-electron chi connectivity index (χ3n) is 3.99. The molecule has 0 N–H and O–H groups in total. The second kappa shape index (κ2) is 3.86. The van der Waals surface area contributed by atoms with Crippen molar-refractivity contribution in [1.82, 2.24) is 0 Å². The lowest BCUT2D eigenvalue weighted by Gasteiger charge is -2.25. The van der Waals surface area contributed by atoms with Gasteiger partial charge in [0.15, 0.2) is 0 Å². The fourth-order valence-electron chi connectivity index (χ4n) is 3.08. The molecular weight excluding hydrogens is 230 g/mol. The van der Waals surface area contributed by atoms with E-state index in [-0.39, 0.29) is 0 Å². The molecule has 3 aromatic carbocycles. The lowest BCUT2D eigenvalue weighted by molar-refractivity contribution is 1.03. The molecule has 0 spiro atoms. The van der Waals surface area contributed by atoms with Gasteiger partial charge < -0.3 is 4.90 Å². The summed E-state index contributed by atoms with van der Waals surface area (Å²) in [7, 11) is 2.16. The van der Waals surface area contributed by atoms with E-state index in [1.807, 2.05) is 0 Å². The number of nitrogens with zero attached hydrogens (tertiary/aromatic N) is 1. The van der Waals surface area contributed by atoms with E-state index in [1.54, 1.807) is 0 Å². The Kier molecular flexibility index (Phi) is 2.16. The average molecular weight is 245 g/mol. The first-order chi connectivity index (χ1) is 9.34. The maximum absolute atomic E-state index is 2.33. The summed E-state index contributed by atoms with van der Waals surface area (Å²) < 4.78 is 0. The minimum atomic E-state index is 0.985. The highest BCUT2D eigenvalue weighted by atomic mass is 15.1. The molecule has 0 radical (unpaired) electrons. The molecule has 0 bridgehead atoms. The van der Waals surface area contributed by atoms with E-state index in [0.717, 1.165) is 6.54 Å². The number of likely N-dealkylation sites (N-methyl/N-ethyl adjacent to an activating group) is 1. The number of anilines is 1. The van der Waals surface area contributed by atoms with Gasteiger partial charge in [0.2, 0.25) is 0 Å². The molecule has 1 heterocycles. The van der Waals surface area contributed by atoms with Crippen molar-refractivity contribution in [3.05, 3.63) is 60.2 Å². The van der Waals surface area contributed by atoms with Gasteiger partial charge in [0.25, 0.3) is 0 Å². The largest absolute Gasteiger partial charge is 0.370 e. The third-order valence-corrected chi connectivity index (χ3v) is 3.99. The minimum absolute atomic E-state index is 0.985. The van der Waals surface area contributed by atoms with Crippen LogP contribution in [0.3, 0.4) is 0 Å². The second-order valence-corrected chi connectivity index (χ2v) is 5.17. The topological polar surface area (TPSA) is 3.24 Å². The summed E-state index contributed by atoms with van der Waals surface area (Å²) in [6, 6.07) is 17.6. The Morgan fingerprint density at radius 2 is 1.68 bits per heavy atom. The molecule has 0 amide bonds. The summed E-state index contributed by atoms with van der Waals surface area (Å²) in [4.78, 5) is 2.33. The molecule has 0 aliphatic carbocycles. The van der Waals surface area contributed by atoms with Crippen molar-refractivity contribution in [2.75, 3.05) is 18.5 Å². The maximum atomic E-state index is 2.33. The molecule has 0 fully saturated rings. The molecule has 0 aromatic heterocycles. The van der Waals surface area contributed by atoms with E-state index in [1.165, 1.54) is 32.8 Å². The van der Waals surface area contributed by atoms with Gasteiger partial charge >= 0.3 is 0 Å². The first-order valence-electron chi connectivity index (χ1n) is 6.67. The van der Waals surface area contributed by atoms with Crippen molar-refractivity contribution in [3.63, 3.8) is 0 Å². The van der Waals surface area contributed by atoms with Crippen LogP contribution in [0.25, 0.3) is 27.6 Å². The van der Waals surface area contributed by atoms with Crippen molar-refractivity contribution < 1.29 is 0 Å². The molecule has 0 saturated carbocycles. The summed E-state index contributed by atoms with van der Waals surface area (Å²) in [5.74, 6) is 0. The zero-order valence-electron chi connectivity index (χ0n) is 10.9. The number of fused-ring (bicyclic) bond motifs is 5. The first kappa shape index (κ1) is 10.6. The zero-order valence-corrected chi connectivity index (χ0v) is 10.9. The Labute approximate surface area is 112 Å². The van der Waals surface area contributed by atoms with Gasteiger partial charge in [0, 0.05) is 19.0 Å². The number of rotatable bonds is 0. The van der Waals surface area contributed by atoms with Crippen LogP contribution < -0.4 is 4.90 Å². The SMILES string of the molecule is CN1CC=Cc2ccc3c(ccc4ccccc43)c21. The quantitative estimate of drug-likeness (QED) is 0.529. The molecule has 4 rings (SSSR count). The van der Waals surface area contributed by atoms with E-state index in [2.05, 4.69) is 72.6 Å². The highest BCUT2D eigenvalue weighted by Crippen LogP contribution is 2.36. The molecule has 3 aromatic rings. The predicted octanol–water partition coefficient (Wildman–Crippen LogP) is 4.46. The third kappa shape index (κ3) is 1.48. The predicted molar refractivity (Wildman–Crippen MR) is 83.8 cm³/mol. The molecule has 1 heteroatoms. The van der Waals surface area contributed by atoms with Crippen LogP contribution in [-0.2, 0) is 0 Å². The van der Waals surface area contributed by atoms with Crippen LogP contribution in [-0.4, -0.2) is 13.6 Å². The molecule has 1 aliphatic rings. The summed E-state index contributed by atoms with van der Waals surface area (Å²) in [6.45, 7) is 0.985. The highest BCUT2D eigenvalue weighted by molar-refractivity contribution is 6.13. The van der Waals surface area contributed by atoms with Gasteiger partial charge in [-0.25, -0.2) is 0 Å². The van der Waals surface area contributed by atoms with Gasteiger partial charge in [-0.05, 0) is 21.7 Å². The van der Waals surface area contributed by atoms with Crippen molar-refractivity contribution in [2.24, 2.45) is 0 Å². The zero-order chi connectivity index (χ0) is 12.8. The molecule has 0 unspecified atom stereocenters. The van der Waals surface area contributed by atoms with Crippen LogP contribution in [0.5, 0.6) is 0 Å². The summed E-state index contributed by atoms with van der Waals surface area (Å²) in [5.41, 5.74) is 2.67. The number of hydrogen-bond acceptors (Lipinski definition) is 1. The van der Waals surface area contributed by atoms with Gasteiger partial charge in [-0.15, -0.1) is 0 Å². The van der Waals surface area contributed by atoms with Gasteiger partial charge in [-0.3, -0.25) is 0 Å². The van der Waals surface area contributed by atoms with E-state index in [9.17, 15) is 0 Å². The normalized spacial score (nSPS) is 14.1. The number of benzene rings is 3. The Bertz CT molecular complexity index is 814. The van der Waals surface area contributed by atoms with Crippen LogP contribution in [0, 0.1) is 0 Å². The average Bonchev–Trinajstić information content (AvgIpc) is 2.46. The Morgan fingerprint density at radius 1 is 0.842 bits per heavy atom. The van der Waals surface area contributed by atoms with Crippen molar-refractivity contribution >= 4 is 33.3 Å². The number of hydrogen-bond donors (Lipinski definition) is 0. The molecule has 92 valence electrons. The van der Waals surface area contributed by atoms with Crippen LogP contribution in [0.1, 0.15) is 5.56 Å². The molecular formula is C18H15N. The van der Waals surface area contributed by atoms with E-state index < -0.39 is 0 Å². The van der Waals surface area contributed by atoms with E-state index in [4.69, 9.17) is 0 Å². The van der Waals surface area contributed by atoms with Gasteiger partial charge in [-0.2, -0.15) is 0 Å². The molecule has 1 nitrogen and oxygen atoms in total. The summed E-state index contributed by atoms with van der Waals surface area (Å²) in [5, 5.41) is 5.34. The van der Waals surface area contributed by atoms with Crippen molar-refractivity contribution in [2.45, 2.75) is 0 Å². The van der Waals surface area contributed by atoms with Crippen molar-refractivity contribution in [3.8, 4) is 0 Å². The Balaban J connectivity index is 2.19.